The van der Waals surface area contributed by atoms with Gasteiger partial charge in [0.05, 0.1) is 25.1 Å². The molecule has 4 aromatic rings. The summed E-state index contributed by atoms with van der Waals surface area (Å²) in [6.45, 7) is 11.3. The van der Waals surface area contributed by atoms with E-state index >= 15 is 0 Å². The number of hydrogen-bond acceptors (Lipinski definition) is 6. The van der Waals surface area contributed by atoms with Crippen molar-refractivity contribution < 1.29 is 70.8 Å². The molecule has 6 rings (SSSR count). The number of fused-ring (bicyclic) bond motifs is 2. The van der Waals surface area contributed by atoms with E-state index in [0.29, 0.717) is 0 Å². The van der Waals surface area contributed by atoms with Gasteiger partial charge < -0.3 is 18.1 Å². The number of alkyl halides is 3. The molecule has 1 heterocycles. The summed E-state index contributed by atoms with van der Waals surface area (Å²) < 4.78 is 87.8. The maximum atomic E-state index is 13.3. The van der Waals surface area contributed by atoms with E-state index < -0.39 is 52.4 Å². The Hall–Kier alpha value is -2.82. The summed E-state index contributed by atoms with van der Waals surface area (Å²) in [4.78, 5) is 0. The normalized spacial score (nSPS) is 20.2. The fraction of sp³-hybridized carbons (Fsp3) is 0.263. The Bertz CT molecular complexity index is 1770. The van der Waals surface area contributed by atoms with Gasteiger partial charge in [-0.1, -0.05) is 124 Å². The van der Waals surface area contributed by atoms with Crippen molar-refractivity contribution in [3.05, 3.63) is 158 Å². The first-order chi connectivity index (χ1) is 23.2. The molecule has 1 fully saturated rings. The Morgan fingerprint density at radius 2 is 1.30 bits per heavy atom. The molecule has 1 aliphatic heterocycles. The summed E-state index contributed by atoms with van der Waals surface area (Å²) in [5, 5.41) is 1.60. The zero-order valence-electron chi connectivity index (χ0n) is 28.0. The van der Waals surface area contributed by atoms with E-state index in [2.05, 4.69) is 31.9 Å². The zero-order chi connectivity index (χ0) is 35.3. The van der Waals surface area contributed by atoms with Crippen molar-refractivity contribution in [3.8, 4) is 0 Å². The van der Waals surface area contributed by atoms with Crippen LogP contribution in [0.1, 0.15) is 31.9 Å². The first-order valence-electron chi connectivity index (χ1n) is 15.7. The molecule has 50 heavy (non-hydrogen) atoms. The van der Waals surface area contributed by atoms with E-state index in [1.165, 1.54) is 12.7 Å². The fourth-order valence-electron chi connectivity index (χ4n) is 6.19. The van der Waals surface area contributed by atoms with Gasteiger partial charge in [0.15, 0.2) is 0 Å². The van der Waals surface area contributed by atoms with E-state index in [1.54, 1.807) is 0 Å². The third-order valence-electron chi connectivity index (χ3n) is 8.49. The predicted octanol–water partition coefficient (Wildman–Crippen LogP) is 7.33. The van der Waals surface area contributed by atoms with E-state index in [1.807, 2.05) is 121 Å². The second-order valence-electron chi connectivity index (χ2n) is 12.9. The molecule has 0 unspecified atom stereocenters. The van der Waals surface area contributed by atoms with Gasteiger partial charge in [0.25, 0.3) is 8.32 Å². The summed E-state index contributed by atoms with van der Waals surface area (Å²) in [5.41, 5.74) is -5.11. The molecule has 6 nitrogen and oxygen atoms in total. The molecule has 2 aliphatic rings. The average molecular weight is 947 g/mol. The number of benzene rings is 4. The van der Waals surface area contributed by atoms with E-state index in [4.69, 9.17) is 13.9 Å². The topological polar surface area (TPSA) is 71.1 Å². The van der Waals surface area contributed by atoms with Crippen LogP contribution in [0.2, 0.25) is 5.04 Å². The monoisotopic (exact) mass is 946 g/mol. The molecule has 12 heteroatoms. The van der Waals surface area contributed by atoms with Crippen molar-refractivity contribution in [1.82, 2.24) is 0 Å². The van der Waals surface area contributed by atoms with Gasteiger partial charge in [-0.3, -0.25) is 0 Å². The van der Waals surface area contributed by atoms with E-state index in [-0.39, 0.29) is 44.3 Å². The van der Waals surface area contributed by atoms with Crippen molar-refractivity contribution in [1.29, 1.82) is 0 Å². The smallest absolute Gasteiger partial charge is 0.540 e. The summed E-state index contributed by atoms with van der Waals surface area (Å²) in [6, 6.07) is 38.8. The Morgan fingerprint density at radius 3 is 1.74 bits per heavy atom. The van der Waals surface area contributed by atoms with E-state index in [0.717, 1.165) is 21.5 Å². The SMILES string of the molecule is CC(C)(C)[Si](OC[C@]12C=C(OS(=O)(=O)C(F)(F)F)[C@H]([CH-]O1)[C@H]2OCc1ccccc1)(c1ccccc1)c1ccccc1.[CH2-]c1ccccc1.[U+2]. The summed E-state index contributed by atoms with van der Waals surface area (Å²) in [7, 11) is -9.00. The van der Waals surface area contributed by atoms with Gasteiger partial charge in [0.1, 0.15) is 5.60 Å². The molecule has 3 atom stereocenters. The van der Waals surface area contributed by atoms with Crippen molar-refractivity contribution in [3.63, 3.8) is 0 Å². The van der Waals surface area contributed by atoms with Crippen molar-refractivity contribution >= 4 is 28.8 Å². The van der Waals surface area contributed by atoms with Crippen LogP contribution in [0.3, 0.4) is 0 Å². The molecule has 0 spiro atoms. The molecule has 0 radical (unpaired) electrons. The quantitative estimate of drug-likeness (QED) is 0.0719. The van der Waals surface area contributed by atoms with Crippen LogP contribution in [-0.4, -0.2) is 40.6 Å². The maximum Gasteiger partial charge on any atom is 2.00 e. The standard InChI is InChI=1S/C31H32F3O6SSi.C7H7.U/c1-29(2,3)42(24-15-9-5-10-16-24,25-17-11-6-12-18-25)39-22-30-19-27(40-41(35,36)31(32,33)34)26(21-38-30)28(30)37-20-23-13-7-4-8-14-23;1-7-5-3-2-4-6-7;/h4-19,21,26,28H,20,22H2,1-3H3;2-6H,1H2;/q2*-1;+2/t26-,28+,30-;;/m0../s1. The van der Waals surface area contributed by atoms with Gasteiger partial charge in [-0.05, 0) is 27.1 Å². The van der Waals surface area contributed by atoms with Crippen molar-refractivity contribution in [2.75, 3.05) is 6.61 Å². The van der Waals surface area contributed by atoms with Crippen LogP contribution < -0.4 is 10.4 Å². The van der Waals surface area contributed by atoms with Crippen LogP contribution >= 0.6 is 0 Å². The molecule has 2 bridgehead atoms. The van der Waals surface area contributed by atoms with Crippen LogP contribution in [-0.2, 0) is 34.8 Å². The number of ether oxygens (including phenoxy) is 2. The fourth-order valence-corrected chi connectivity index (χ4v) is 11.3. The molecular formula is C38H39F3O6SSiU. The third-order valence-corrected chi connectivity index (χ3v) is 14.5. The van der Waals surface area contributed by atoms with Crippen molar-refractivity contribution in [2.24, 2.45) is 5.92 Å². The van der Waals surface area contributed by atoms with Gasteiger partial charge in [0, 0.05) is 0 Å². The molecule has 262 valence electrons. The minimum absolute atomic E-state index is 0. The average Bonchev–Trinajstić information content (AvgIpc) is 3.56. The molecule has 0 saturated carbocycles. The summed E-state index contributed by atoms with van der Waals surface area (Å²) >= 11 is 0. The zero-order valence-corrected chi connectivity index (χ0v) is 33.9. The molecule has 0 aromatic heterocycles. The molecule has 4 aromatic carbocycles. The van der Waals surface area contributed by atoms with Crippen LogP contribution in [0.15, 0.2) is 133 Å². The number of halogens is 3. The largest absolute Gasteiger partial charge is 2.00 e. The summed E-state index contributed by atoms with van der Waals surface area (Å²) in [5.74, 6) is -1.39. The van der Waals surface area contributed by atoms with Crippen LogP contribution in [0, 0.1) is 50.6 Å². The molecule has 0 N–H and O–H groups in total. The van der Waals surface area contributed by atoms with Crippen molar-refractivity contribution in [2.45, 2.75) is 49.6 Å². The van der Waals surface area contributed by atoms with Crippen LogP contribution in [0.25, 0.3) is 0 Å². The number of hydrogen-bond donors (Lipinski definition) is 0. The molecular weight excluding hydrogens is 908 g/mol. The summed E-state index contributed by atoms with van der Waals surface area (Å²) in [6.07, 6.45) is 0.378. The molecule has 0 amide bonds. The second kappa shape index (κ2) is 16.2. The maximum absolute atomic E-state index is 13.3. The Balaban J connectivity index is 0.000000627. The third kappa shape index (κ3) is 8.61. The number of rotatable bonds is 10. The Morgan fingerprint density at radius 1 is 0.820 bits per heavy atom. The second-order valence-corrected chi connectivity index (χ2v) is 18.8. The van der Waals surface area contributed by atoms with E-state index in [9.17, 15) is 21.6 Å². The first kappa shape index (κ1) is 40.0. The Kier molecular flexibility index (Phi) is 13.0. The van der Waals surface area contributed by atoms with Gasteiger partial charge in [-0.15, -0.1) is 12.1 Å². The van der Waals surface area contributed by atoms with Gasteiger partial charge in [0.2, 0.25) is 0 Å². The predicted molar refractivity (Wildman–Crippen MR) is 185 cm³/mol. The minimum atomic E-state index is -5.90. The first-order valence-corrected chi connectivity index (χ1v) is 19.0. The molecule has 1 aliphatic carbocycles. The molecule has 1 saturated heterocycles. The van der Waals surface area contributed by atoms with Crippen LogP contribution in [0.4, 0.5) is 13.2 Å². The van der Waals surface area contributed by atoms with Crippen LogP contribution in [0.5, 0.6) is 0 Å². The Labute approximate surface area is 317 Å². The van der Waals surface area contributed by atoms with Gasteiger partial charge >= 0.3 is 46.7 Å². The van der Waals surface area contributed by atoms with Gasteiger partial charge in [-0.2, -0.15) is 52.8 Å². The van der Waals surface area contributed by atoms with Gasteiger partial charge in [-0.25, -0.2) is 0 Å². The minimum Gasteiger partial charge on any atom is -0.540 e.